The summed E-state index contributed by atoms with van der Waals surface area (Å²) in [6.07, 6.45) is 4.17. The van der Waals surface area contributed by atoms with E-state index in [0.717, 1.165) is 55.6 Å². The molecule has 4 rings (SSSR count). The molecule has 158 valence electrons. The molecule has 0 N–H and O–H groups in total. The van der Waals surface area contributed by atoms with Crippen LogP contribution in [0.1, 0.15) is 52.7 Å². The minimum atomic E-state index is 0.148. The van der Waals surface area contributed by atoms with E-state index in [0.29, 0.717) is 24.7 Å². The molecule has 2 fully saturated rings. The second-order valence-corrected chi connectivity index (χ2v) is 8.97. The topological polar surface area (TPSA) is 40.6 Å². The van der Waals surface area contributed by atoms with Crippen molar-refractivity contribution in [3.63, 3.8) is 0 Å². The Balaban J connectivity index is 1.55. The van der Waals surface area contributed by atoms with Gasteiger partial charge in [-0.3, -0.25) is 14.5 Å². The molecule has 0 spiro atoms. The quantitative estimate of drug-likeness (QED) is 0.767. The summed E-state index contributed by atoms with van der Waals surface area (Å²) in [5.74, 6) is 0.532. The number of hydrogen-bond donors (Lipinski definition) is 0. The number of hydrogen-bond acceptors (Lipinski definition) is 3. The van der Waals surface area contributed by atoms with Crippen molar-refractivity contribution in [1.82, 2.24) is 9.80 Å². The van der Waals surface area contributed by atoms with Crippen LogP contribution in [0.3, 0.4) is 0 Å². The number of carbonyl (C=O) groups is 2. The van der Waals surface area contributed by atoms with Gasteiger partial charge in [-0.1, -0.05) is 47.5 Å². The lowest BCUT2D eigenvalue weighted by Gasteiger charge is -2.44. The highest BCUT2D eigenvalue weighted by atomic mass is 16.2. The zero-order valence-corrected chi connectivity index (χ0v) is 18.1. The summed E-state index contributed by atoms with van der Waals surface area (Å²) < 4.78 is 0. The Hall–Kier alpha value is -2.46. The molecule has 2 aliphatic heterocycles. The Morgan fingerprint density at radius 3 is 2.30 bits per heavy atom. The zero-order chi connectivity index (χ0) is 21.1. The van der Waals surface area contributed by atoms with Crippen LogP contribution < -0.4 is 0 Å². The molecule has 1 amide bonds. The van der Waals surface area contributed by atoms with Crippen LogP contribution >= 0.6 is 0 Å². The number of carbonyl (C=O) groups excluding carboxylic acids is 2. The monoisotopic (exact) mass is 404 g/mol. The van der Waals surface area contributed by atoms with Crippen molar-refractivity contribution >= 4 is 11.7 Å². The van der Waals surface area contributed by atoms with Crippen molar-refractivity contribution in [1.29, 1.82) is 0 Å². The molecule has 0 bridgehead atoms. The van der Waals surface area contributed by atoms with Crippen molar-refractivity contribution in [2.75, 3.05) is 19.6 Å². The van der Waals surface area contributed by atoms with Crippen LogP contribution in [-0.4, -0.2) is 53.2 Å². The first-order chi connectivity index (χ1) is 14.5. The van der Waals surface area contributed by atoms with E-state index in [-0.39, 0.29) is 11.9 Å². The highest BCUT2D eigenvalue weighted by Crippen LogP contribution is 2.28. The maximum Gasteiger partial charge on any atom is 0.254 e. The van der Waals surface area contributed by atoms with Crippen LogP contribution in [-0.2, 0) is 11.2 Å². The van der Waals surface area contributed by atoms with Gasteiger partial charge in [0.1, 0.15) is 5.78 Å². The van der Waals surface area contributed by atoms with Crippen LogP contribution in [0.5, 0.6) is 0 Å². The molecule has 2 aromatic rings. The van der Waals surface area contributed by atoms with Gasteiger partial charge in [-0.05, 0) is 50.8 Å². The molecule has 30 heavy (non-hydrogen) atoms. The lowest BCUT2D eigenvalue weighted by molar-refractivity contribution is -0.122. The minimum absolute atomic E-state index is 0.148. The Morgan fingerprint density at radius 1 is 0.967 bits per heavy atom. The van der Waals surface area contributed by atoms with Gasteiger partial charge >= 0.3 is 0 Å². The van der Waals surface area contributed by atoms with Crippen LogP contribution in [0.15, 0.2) is 48.5 Å². The van der Waals surface area contributed by atoms with Crippen molar-refractivity contribution in [2.45, 2.75) is 58.0 Å². The Bertz CT molecular complexity index is 878. The van der Waals surface area contributed by atoms with Crippen LogP contribution in [0, 0.1) is 13.8 Å². The van der Waals surface area contributed by atoms with E-state index in [1.807, 2.05) is 18.2 Å². The normalized spacial score (nSPS) is 22.9. The number of likely N-dealkylation sites (tertiary alicyclic amines) is 2. The molecule has 0 aliphatic carbocycles. The smallest absolute Gasteiger partial charge is 0.254 e. The van der Waals surface area contributed by atoms with Crippen molar-refractivity contribution in [3.05, 3.63) is 70.8 Å². The molecule has 4 nitrogen and oxygen atoms in total. The largest absolute Gasteiger partial charge is 0.335 e. The number of Topliss-reactive ketones (excluding diaryl/α,β-unsaturated/α-hetero) is 1. The highest BCUT2D eigenvalue weighted by Gasteiger charge is 2.35. The third-order valence-corrected chi connectivity index (χ3v) is 6.60. The van der Waals surface area contributed by atoms with Crippen molar-refractivity contribution in [3.8, 4) is 0 Å². The third kappa shape index (κ3) is 4.81. The fraction of sp³-hybridized carbons (Fsp3) is 0.462. The average Bonchev–Trinajstić information content (AvgIpc) is 2.74. The number of amides is 1. The van der Waals surface area contributed by atoms with Gasteiger partial charge in [0.15, 0.2) is 0 Å². The first kappa shape index (κ1) is 20.8. The number of rotatable bonds is 4. The molecule has 2 aliphatic rings. The van der Waals surface area contributed by atoms with Gasteiger partial charge in [-0.15, -0.1) is 0 Å². The van der Waals surface area contributed by atoms with Gasteiger partial charge < -0.3 is 4.90 Å². The maximum atomic E-state index is 13.5. The van der Waals surface area contributed by atoms with Crippen molar-refractivity contribution < 1.29 is 9.59 Å². The lowest BCUT2D eigenvalue weighted by Crippen LogP contribution is -2.54. The van der Waals surface area contributed by atoms with E-state index >= 15 is 0 Å². The number of ketones is 1. The van der Waals surface area contributed by atoms with Crippen LogP contribution in [0.4, 0.5) is 0 Å². The van der Waals surface area contributed by atoms with E-state index in [2.05, 4.69) is 54.0 Å². The molecule has 2 saturated heterocycles. The van der Waals surface area contributed by atoms with Crippen molar-refractivity contribution in [2.24, 2.45) is 0 Å². The maximum absolute atomic E-state index is 13.5. The van der Waals surface area contributed by atoms with E-state index in [9.17, 15) is 9.59 Å². The number of nitrogens with zero attached hydrogens (tertiary/aromatic N) is 2. The zero-order valence-electron chi connectivity index (χ0n) is 18.1. The van der Waals surface area contributed by atoms with Gasteiger partial charge in [0.2, 0.25) is 0 Å². The first-order valence-corrected chi connectivity index (χ1v) is 11.2. The molecule has 0 saturated carbocycles. The second kappa shape index (κ2) is 9.13. The molecular weight excluding hydrogens is 372 g/mol. The lowest BCUT2D eigenvalue weighted by atomic mass is 9.89. The molecule has 0 unspecified atom stereocenters. The van der Waals surface area contributed by atoms with Crippen LogP contribution in [0.2, 0.25) is 0 Å². The van der Waals surface area contributed by atoms with Gasteiger partial charge in [-0.2, -0.15) is 0 Å². The number of aryl methyl sites for hydroxylation is 2. The standard InChI is InChI=1S/C26H32N2O2/c1-19-14-20(2)16-22(15-19)26(30)28-13-8-23(27-11-9-25(29)10-12-27)18-24(28)17-21-6-4-3-5-7-21/h3-7,14-16,23-24H,8-13,17-18H2,1-2H3/t23-,24-/m0/s1. The van der Waals surface area contributed by atoms with Gasteiger partial charge in [0, 0.05) is 50.1 Å². The van der Waals surface area contributed by atoms with E-state index in [1.54, 1.807) is 0 Å². The SMILES string of the molecule is Cc1cc(C)cc(C(=O)N2CC[C@H](N3CCC(=O)CC3)C[C@@H]2Cc2ccccc2)c1. The van der Waals surface area contributed by atoms with Gasteiger partial charge in [0.05, 0.1) is 0 Å². The molecule has 2 atom stereocenters. The fourth-order valence-corrected chi connectivity index (χ4v) is 5.11. The fourth-order valence-electron chi connectivity index (χ4n) is 5.11. The summed E-state index contributed by atoms with van der Waals surface area (Å²) in [4.78, 5) is 29.8. The predicted octanol–water partition coefficient (Wildman–Crippen LogP) is 4.18. The average molecular weight is 405 g/mol. The van der Waals surface area contributed by atoms with E-state index in [4.69, 9.17) is 0 Å². The number of piperidine rings is 2. The van der Waals surface area contributed by atoms with Crippen LogP contribution in [0.25, 0.3) is 0 Å². The van der Waals surface area contributed by atoms with Gasteiger partial charge in [-0.25, -0.2) is 0 Å². The molecule has 4 heteroatoms. The first-order valence-electron chi connectivity index (χ1n) is 11.2. The summed E-state index contributed by atoms with van der Waals surface area (Å²) in [5, 5.41) is 0. The molecule has 0 aromatic heterocycles. The summed E-state index contributed by atoms with van der Waals surface area (Å²) >= 11 is 0. The number of benzene rings is 2. The minimum Gasteiger partial charge on any atom is -0.335 e. The summed E-state index contributed by atoms with van der Waals surface area (Å²) in [7, 11) is 0. The molecule has 0 radical (unpaired) electrons. The second-order valence-electron chi connectivity index (χ2n) is 8.97. The van der Waals surface area contributed by atoms with E-state index in [1.165, 1.54) is 5.56 Å². The molecule has 2 aromatic carbocycles. The third-order valence-electron chi connectivity index (χ3n) is 6.60. The summed E-state index contributed by atoms with van der Waals surface area (Å²) in [6, 6.07) is 17.3. The van der Waals surface area contributed by atoms with E-state index < -0.39 is 0 Å². The Morgan fingerprint density at radius 2 is 1.63 bits per heavy atom. The predicted molar refractivity (Wildman–Crippen MR) is 120 cm³/mol. The summed E-state index contributed by atoms with van der Waals surface area (Å²) in [5.41, 5.74) is 4.33. The Labute approximate surface area is 179 Å². The summed E-state index contributed by atoms with van der Waals surface area (Å²) in [6.45, 7) is 6.61. The molecule has 2 heterocycles. The molecular formula is C26H32N2O2. The van der Waals surface area contributed by atoms with Gasteiger partial charge in [0.25, 0.3) is 5.91 Å². The Kier molecular flexibility index (Phi) is 6.33. The highest BCUT2D eigenvalue weighted by molar-refractivity contribution is 5.95.